The van der Waals surface area contributed by atoms with Gasteiger partial charge in [0.25, 0.3) is 11.0 Å². The van der Waals surface area contributed by atoms with Gasteiger partial charge in [0.2, 0.25) is 0 Å². The van der Waals surface area contributed by atoms with E-state index in [1.807, 2.05) is 0 Å². The van der Waals surface area contributed by atoms with E-state index in [0.29, 0.717) is 5.92 Å². The van der Waals surface area contributed by atoms with Crippen molar-refractivity contribution < 1.29 is 9.57 Å². The van der Waals surface area contributed by atoms with Gasteiger partial charge in [0, 0.05) is 22.4 Å². The van der Waals surface area contributed by atoms with Crippen LogP contribution in [0.25, 0.3) is 32.9 Å². The summed E-state index contributed by atoms with van der Waals surface area (Å²) in [6.07, 6.45) is 4.88. The summed E-state index contributed by atoms with van der Waals surface area (Å²) in [5.41, 5.74) is 4.75. The zero-order chi connectivity index (χ0) is 20.1. The Morgan fingerprint density at radius 3 is 1.93 bits per heavy atom. The van der Waals surface area contributed by atoms with E-state index in [4.69, 9.17) is 4.84 Å². The van der Waals surface area contributed by atoms with Crippen LogP contribution in [0.3, 0.4) is 0 Å². The van der Waals surface area contributed by atoms with Crippen LogP contribution >= 0.6 is 0 Å². The smallest absolute Gasteiger partial charge is 0.266 e. The molecule has 4 aromatic rings. The Morgan fingerprint density at radius 2 is 1.34 bits per heavy atom. The molecule has 2 nitrogen and oxygen atoms in total. The molecule has 1 unspecified atom stereocenters. The van der Waals surface area contributed by atoms with Gasteiger partial charge in [0.15, 0.2) is 6.61 Å². The molecule has 0 aliphatic rings. The zero-order valence-corrected chi connectivity index (χ0v) is 17.5. The van der Waals surface area contributed by atoms with Crippen LogP contribution < -0.4 is 9.57 Å². The number of unbranched alkanes of at least 4 members (excludes halogenated alkanes) is 1. The van der Waals surface area contributed by atoms with Gasteiger partial charge in [0.05, 0.1) is 10.8 Å². The minimum atomic E-state index is 0.591. The van der Waals surface area contributed by atoms with Crippen molar-refractivity contribution in [2.24, 2.45) is 5.92 Å². The number of fused-ring (bicyclic) bond motifs is 2. The Kier molecular flexibility index (Phi) is 6.09. The number of nitrogens with zero attached hydrogens (tertiary/aromatic N) is 1. The van der Waals surface area contributed by atoms with Crippen LogP contribution in [0, 0.1) is 5.92 Å². The van der Waals surface area contributed by atoms with E-state index in [2.05, 4.69) is 97.4 Å². The normalized spacial score (nSPS) is 12.3. The zero-order valence-electron chi connectivity index (χ0n) is 17.5. The van der Waals surface area contributed by atoms with Crippen molar-refractivity contribution in [3.8, 4) is 11.1 Å². The van der Waals surface area contributed by atoms with Gasteiger partial charge in [-0.25, -0.2) is 0 Å². The molecule has 148 valence electrons. The summed E-state index contributed by atoms with van der Waals surface area (Å²) < 4.78 is 2.06. The molecule has 0 bridgehead atoms. The lowest BCUT2D eigenvalue weighted by molar-refractivity contribution is -0.852. The van der Waals surface area contributed by atoms with Crippen LogP contribution in [0.1, 0.15) is 39.5 Å². The highest BCUT2D eigenvalue weighted by Crippen LogP contribution is 2.33. The number of para-hydroxylation sites is 2. The number of aromatic nitrogens is 1. The number of hydrogen-bond acceptors (Lipinski definition) is 1. The molecule has 0 N–H and O–H groups in total. The molecule has 0 fully saturated rings. The number of pyridine rings is 1. The summed E-state index contributed by atoms with van der Waals surface area (Å²) in [5.74, 6) is 0.591. The van der Waals surface area contributed by atoms with E-state index < -0.39 is 0 Å². The highest BCUT2D eigenvalue weighted by Gasteiger charge is 2.23. The Labute approximate surface area is 173 Å². The molecule has 29 heavy (non-hydrogen) atoms. The third-order valence-corrected chi connectivity index (χ3v) is 5.83. The Balaban J connectivity index is 1.87. The predicted molar refractivity (Wildman–Crippen MR) is 122 cm³/mol. The van der Waals surface area contributed by atoms with E-state index in [1.54, 1.807) is 0 Å². The second kappa shape index (κ2) is 9.09. The summed E-state index contributed by atoms with van der Waals surface area (Å²) >= 11 is 0. The minimum Gasteiger partial charge on any atom is -0.270 e. The molecule has 3 aromatic carbocycles. The quantitative estimate of drug-likeness (QED) is 0.247. The maximum absolute atomic E-state index is 6.49. The summed E-state index contributed by atoms with van der Waals surface area (Å²) in [7, 11) is 0. The van der Waals surface area contributed by atoms with Crippen LogP contribution in [-0.4, -0.2) is 6.61 Å². The van der Waals surface area contributed by atoms with E-state index in [-0.39, 0.29) is 0 Å². The Morgan fingerprint density at radius 1 is 0.759 bits per heavy atom. The van der Waals surface area contributed by atoms with Gasteiger partial charge in [-0.3, -0.25) is 4.84 Å². The van der Waals surface area contributed by atoms with Gasteiger partial charge in [-0.15, -0.1) is 0 Å². The van der Waals surface area contributed by atoms with E-state index >= 15 is 0 Å². The molecule has 1 heterocycles. The van der Waals surface area contributed by atoms with Crippen molar-refractivity contribution in [1.82, 2.24) is 0 Å². The Hall–Kier alpha value is -2.87. The molecule has 0 aliphatic carbocycles. The SMILES string of the molecule is CCCCC(CC)CO[n+]1c2ccccc2c(-c2ccccc2)c2ccccc21. The van der Waals surface area contributed by atoms with Crippen molar-refractivity contribution in [1.29, 1.82) is 0 Å². The molecule has 0 amide bonds. The largest absolute Gasteiger partial charge is 0.270 e. The predicted octanol–water partition coefficient (Wildman–Crippen LogP) is 6.59. The first-order valence-corrected chi connectivity index (χ1v) is 10.9. The summed E-state index contributed by atoms with van der Waals surface area (Å²) in [5, 5.41) is 2.44. The number of rotatable bonds is 8. The molecule has 0 saturated heterocycles. The molecule has 2 heteroatoms. The second-order valence-corrected chi connectivity index (χ2v) is 7.78. The van der Waals surface area contributed by atoms with Gasteiger partial charge in [0.1, 0.15) is 0 Å². The fourth-order valence-electron chi connectivity index (χ4n) is 4.13. The molecular formula is C27H30NO+. The minimum absolute atomic E-state index is 0.591. The summed E-state index contributed by atoms with van der Waals surface area (Å²) in [4.78, 5) is 6.49. The first-order valence-electron chi connectivity index (χ1n) is 10.9. The van der Waals surface area contributed by atoms with Crippen molar-refractivity contribution in [3.63, 3.8) is 0 Å². The lowest BCUT2D eigenvalue weighted by Gasteiger charge is -2.14. The third-order valence-electron chi connectivity index (χ3n) is 5.83. The van der Waals surface area contributed by atoms with Crippen molar-refractivity contribution >= 4 is 21.8 Å². The third kappa shape index (κ3) is 3.98. The van der Waals surface area contributed by atoms with E-state index in [9.17, 15) is 0 Å². The molecule has 0 radical (unpaired) electrons. The molecule has 4 rings (SSSR count). The molecule has 0 aliphatic heterocycles. The molecule has 0 spiro atoms. The van der Waals surface area contributed by atoms with Crippen molar-refractivity contribution in [2.75, 3.05) is 6.61 Å². The van der Waals surface area contributed by atoms with Crippen LogP contribution in [0.5, 0.6) is 0 Å². The van der Waals surface area contributed by atoms with Gasteiger partial charge < -0.3 is 0 Å². The van der Waals surface area contributed by atoms with Crippen molar-refractivity contribution in [2.45, 2.75) is 39.5 Å². The molecule has 0 saturated carbocycles. The maximum Gasteiger partial charge on any atom is 0.266 e. The van der Waals surface area contributed by atoms with Gasteiger partial charge in [-0.05, 0) is 36.5 Å². The van der Waals surface area contributed by atoms with Crippen LogP contribution in [-0.2, 0) is 0 Å². The first kappa shape index (κ1) is 19.4. The fraction of sp³-hybridized carbons (Fsp3) is 0.296. The monoisotopic (exact) mass is 384 g/mol. The van der Waals surface area contributed by atoms with E-state index in [1.165, 1.54) is 41.2 Å². The molecule has 1 atom stereocenters. The number of benzene rings is 3. The highest BCUT2D eigenvalue weighted by molar-refractivity contribution is 6.07. The van der Waals surface area contributed by atoms with Gasteiger partial charge in [-0.2, -0.15) is 0 Å². The Bertz CT molecular complexity index is 1030. The van der Waals surface area contributed by atoms with Crippen LogP contribution in [0.15, 0.2) is 78.9 Å². The average Bonchev–Trinajstić information content (AvgIpc) is 2.79. The second-order valence-electron chi connectivity index (χ2n) is 7.78. The maximum atomic E-state index is 6.49. The van der Waals surface area contributed by atoms with Crippen LogP contribution in [0.2, 0.25) is 0 Å². The van der Waals surface area contributed by atoms with Crippen molar-refractivity contribution in [3.05, 3.63) is 78.9 Å². The average molecular weight is 385 g/mol. The number of hydrogen-bond donors (Lipinski definition) is 0. The van der Waals surface area contributed by atoms with Gasteiger partial charge >= 0.3 is 0 Å². The fourth-order valence-corrected chi connectivity index (χ4v) is 4.13. The van der Waals surface area contributed by atoms with Gasteiger partial charge in [-0.1, -0.05) is 81.3 Å². The first-order chi connectivity index (χ1) is 14.3. The topological polar surface area (TPSA) is 13.1 Å². The summed E-state index contributed by atoms with van der Waals surface area (Å²) in [6.45, 7) is 5.27. The highest BCUT2D eigenvalue weighted by atomic mass is 16.7. The molecular weight excluding hydrogens is 354 g/mol. The van der Waals surface area contributed by atoms with E-state index in [0.717, 1.165) is 24.1 Å². The summed E-state index contributed by atoms with van der Waals surface area (Å²) in [6, 6.07) is 27.8. The molecule has 1 aromatic heterocycles. The lowest BCUT2D eigenvalue weighted by Crippen LogP contribution is -2.46. The van der Waals surface area contributed by atoms with Crippen LogP contribution in [0.4, 0.5) is 0 Å². The lowest BCUT2D eigenvalue weighted by atomic mass is 9.96. The standard InChI is InChI=1S/C27H30NO/c1-3-5-13-21(4-2)20-29-28-25-18-11-9-16-23(25)27(22-14-7-6-8-15-22)24-17-10-12-19-26(24)28/h6-12,14-19,21H,3-5,13,20H2,1-2H3/q+1.